The smallest absolute Gasteiger partial charge is 0.169 e. The number of Topliss-reactive ketones (excluding diaryl/α,β-unsaturated/α-hetero) is 1. The normalized spacial score (nSPS) is 10.6. The molecule has 0 unspecified atom stereocenters. The summed E-state index contributed by atoms with van der Waals surface area (Å²) in [6.07, 6.45) is 2.43. The summed E-state index contributed by atoms with van der Waals surface area (Å²) in [4.78, 5) is 18.9. The lowest BCUT2D eigenvalue weighted by molar-refractivity contribution is 0.0993. The quantitative estimate of drug-likeness (QED) is 0.627. The second-order valence-corrected chi connectivity index (χ2v) is 6.25. The third-order valence-electron chi connectivity index (χ3n) is 2.80. The lowest BCUT2D eigenvalue weighted by Gasteiger charge is -2.00. The first kappa shape index (κ1) is 13.3. The molecule has 1 heterocycles. The van der Waals surface area contributed by atoms with E-state index in [0.29, 0.717) is 6.42 Å². The van der Waals surface area contributed by atoms with Crippen LogP contribution >= 0.6 is 23.1 Å². The van der Waals surface area contributed by atoms with Gasteiger partial charge in [0, 0.05) is 15.3 Å². The fourth-order valence-corrected chi connectivity index (χ4v) is 2.97. The summed E-state index contributed by atoms with van der Waals surface area (Å²) in [6, 6.07) is 7.75. The summed E-state index contributed by atoms with van der Waals surface area (Å²) in [5, 5.41) is 0.906. The number of thioether (sulfide) groups is 1. The van der Waals surface area contributed by atoms with E-state index >= 15 is 0 Å². The van der Waals surface area contributed by atoms with Crippen LogP contribution in [0.1, 0.15) is 25.9 Å². The molecule has 0 saturated carbocycles. The van der Waals surface area contributed by atoms with Crippen molar-refractivity contribution in [3.63, 3.8) is 0 Å². The fourth-order valence-electron chi connectivity index (χ4n) is 1.63. The standard InChI is InChI=1S/C14H15NOS2/c1-9-10(2)18-14(15-9)8-13(16)11-4-6-12(17-3)7-5-11/h4-7H,8H2,1-3H3. The van der Waals surface area contributed by atoms with E-state index in [9.17, 15) is 4.79 Å². The van der Waals surface area contributed by atoms with Crippen molar-refractivity contribution in [3.05, 3.63) is 45.4 Å². The van der Waals surface area contributed by atoms with Crippen molar-refractivity contribution in [2.45, 2.75) is 25.2 Å². The average Bonchev–Trinajstić information content (AvgIpc) is 2.68. The van der Waals surface area contributed by atoms with E-state index < -0.39 is 0 Å². The summed E-state index contributed by atoms with van der Waals surface area (Å²) in [5.41, 5.74) is 1.79. The number of ketones is 1. The van der Waals surface area contributed by atoms with Crippen LogP contribution in [0, 0.1) is 13.8 Å². The van der Waals surface area contributed by atoms with Crippen molar-refractivity contribution in [3.8, 4) is 0 Å². The molecule has 2 nitrogen and oxygen atoms in total. The third-order valence-corrected chi connectivity index (χ3v) is 4.61. The van der Waals surface area contributed by atoms with Crippen LogP contribution in [0.15, 0.2) is 29.2 Å². The molecular formula is C14H15NOS2. The summed E-state index contributed by atoms with van der Waals surface area (Å²) in [7, 11) is 0. The number of carbonyl (C=O) groups excluding carboxylic acids is 1. The van der Waals surface area contributed by atoms with Gasteiger partial charge >= 0.3 is 0 Å². The highest BCUT2D eigenvalue weighted by atomic mass is 32.2. The van der Waals surface area contributed by atoms with E-state index in [1.165, 1.54) is 9.77 Å². The molecule has 0 N–H and O–H groups in total. The number of benzene rings is 1. The largest absolute Gasteiger partial charge is 0.294 e. The van der Waals surface area contributed by atoms with Crippen LogP contribution in [0.2, 0.25) is 0 Å². The highest BCUT2D eigenvalue weighted by Crippen LogP contribution is 2.19. The Hall–Kier alpha value is -1.13. The van der Waals surface area contributed by atoms with Crippen molar-refractivity contribution >= 4 is 28.9 Å². The molecular weight excluding hydrogens is 262 g/mol. The van der Waals surface area contributed by atoms with Crippen molar-refractivity contribution in [2.75, 3.05) is 6.26 Å². The number of aromatic nitrogens is 1. The molecule has 1 aromatic heterocycles. The highest BCUT2D eigenvalue weighted by molar-refractivity contribution is 7.98. The number of aryl methyl sites for hydroxylation is 2. The molecule has 0 amide bonds. The summed E-state index contributed by atoms with van der Waals surface area (Å²) in [6.45, 7) is 4.02. The topological polar surface area (TPSA) is 30.0 Å². The maximum absolute atomic E-state index is 12.1. The molecule has 1 aromatic carbocycles. The summed E-state index contributed by atoms with van der Waals surface area (Å²) >= 11 is 3.29. The first-order chi connectivity index (χ1) is 8.60. The van der Waals surface area contributed by atoms with Crippen molar-refractivity contribution < 1.29 is 4.79 Å². The predicted octanol–water partition coefficient (Wildman–Crippen LogP) is 3.91. The fraction of sp³-hybridized carbons (Fsp3) is 0.286. The lowest BCUT2D eigenvalue weighted by Crippen LogP contribution is -2.03. The number of hydrogen-bond donors (Lipinski definition) is 0. The van der Waals surface area contributed by atoms with E-state index in [1.807, 2.05) is 44.4 Å². The molecule has 2 rings (SSSR count). The monoisotopic (exact) mass is 277 g/mol. The third kappa shape index (κ3) is 3.00. The van der Waals surface area contributed by atoms with Gasteiger partial charge in [0.2, 0.25) is 0 Å². The SMILES string of the molecule is CSc1ccc(C(=O)Cc2nc(C)c(C)s2)cc1. The Morgan fingerprint density at radius 2 is 1.94 bits per heavy atom. The Morgan fingerprint density at radius 1 is 1.28 bits per heavy atom. The van der Waals surface area contributed by atoms with Crippen LogP contribution in [0.25, 0.3) is 0 Å². The summed E-state index contributed by atoms with van der Waals surface area (Å²) in [5.74, 6) is 0.136. The van der Waals surface area contributed by atoms with Crippen LogP contribution in [-0.4, -0.2) is 17.0 Å². The van der Waals surface area contributed by atoms with Crippen LogP contribution < -0.4 is 0 Å². The zero-order valence-corrected chi connectivity index (χ0v) is 12.3. The molecule has 0 aliphatic rings. The van der Waals surface area contributed by atoms with Gasteiger partial charge in [0.1, 0.15) is 5.01 Å². The van der Waals surface area contributed by atoms with E-state index in [1.54, 1.807) is 23.1 Å². The van der Waals surface area contributed by atoms with Crippen LogP contribution in [0.5, 0.6) is 0 Å². The molecule has 0 aliphatic carbocycles. The molecule has 18 heavy (non-hydrogen) atoms. The van der Waals surface area contributed by atoms with Crippen LogP contribution in [-0.2, 0) is 6.42 Å². The van der Waals surface area contributed by atoms with Gasteiger partial charge in [-0.05, 0) is 32.2 Å². The minimum Gasteiger partial charge on any atom is -0.294 e. The number of nitrogens with zero attached hydrogens (tertiary/aromatic N) is 1. The maximum Gasteiger partial charge on any atom is 0.169 e. The molecule has 0 spiro atoms. The van der Waals surface area contributed by atoms with Crippen LogP contribution in [0.3, 0.4) is 0 Å². The number of thiazole rings is 1. The van der Waals surface area contributed by atoms with E-state index in [-0.39, 0.29) is 5.78 Å². The number of rotatable bonds is 4. The molecule has 0 radical (unpaired) electrons. The zero-order chi connectivity index (χ0) is 13.1. The molecule has 0 saturated heterocycles. The minimum absolute atomic E-state index is 0.136. The van der Waals surface area contributed by atoms with Gasteiger partial charge in [0.15, 0.2) is 5.78 Å². The van der Waals surface area contributed by atoms with Gasteiger partial charge in [-0.1, -0.05) is 12.1 Å². The average molecular weight is 277 g/mol. The zero-order valence-electron chi connectivity index (χ0n) is 10.7. The molecule has 94 valence electrons. The first-order valence-electron chi connectivity index (χ1n) is 5.70. The Morgan fingerprint density at radius 3 is 2.44 bits per heavy atom. The second-order valence-electron chi connectivity index (χ2n) is 4.08. The molecule has 0 bridgehead atoms. The molecule has 0 fully saturated rings. The predicted molar refractivity (Wildman–Crippen MR) is 77.8 cm³/mol. The van der Waals surface area contributed by atoms with Crippen LogP contribution in [0.4, 0.5) is 0 Å². The van der Waals surface area contributed by atoms with Crippen molar-refractivity contribution in [1.29, 1.82) is 0 Å². The van der Waals surface area contributed by atoms with Gasteiger partial charge in [0.05, 0.1) is 12.1 Å². The van der Waals surface area contributed by atoms with Gasteiger partial charge in [-0.2, -0.15) is 0 Å². The Balaban J connectivity index is 2.11. The second kappa shape index (κ2) is 5.67. The van der Waals surface area contributed by atoms with Crippen molar-refractivity contribution in [1.82, 2.24) is 4.98 Å². The van der Waals surface area contributed by atoms with E-state index in [0.717, 1.165) is 16.3 Å². The Labute approximate surface area is 115 Å². The Kier molecular flexibility index (Phi) is 4.19. The van der Waals surface area contributed by atoms with Gasteiger partial charge in [-0.25, -0.2) is 4.98 Å². The van der Waals surface area contributed by atoms with Gasteiger partial charge < -0.3 is 0 Å². The molecule has 4 heteroatoms. The maximum atomic E-state index is 12.1. The molecule has 0 atom stereocenters. The van der Waals surface area contributed by atoms with Gasteiger partial charge in [0.25, 0.3) is 0 Å². The van der Waals surface area contributed by atoms with E-state index in [4.69, 9.17) is 0 Å². The molecule has 0 aliphatic heterocycles. The van der Waals surface area contributed by atoms with Crippen molar-refractivity contribution in [2.24, 2.45) is 0 Å². The van der Waals surface area contributed by atoms with Gasteiger partial charge in [-0.3, -0.25) is 4.79 Å². The summed E-state index contributed by atoms with van der Waals surface area (Å²) < 4.78 is 0. The minimum atomic E-state index is 0.136. The van der Waals surface area contributed by atoms with Gasteiger partial charge in [-0.15, -0.1) is 23.1 Å². The highest BCUT2D eigenvalue weighted by Gasteiger charge is 2.11. The molecule has 2 aromatic rings. The van der Waals surface area contributed by atoms with E-state index in [2.05, 4.69) is 4.98 Å². The first-order valence-corrected chi connectivity index (χ1v) is 7.74. The Bertz CT molecular complexity index is 538. The number of carbonyl (C=O) groups is 1. The lowest BCUT2D eigenvalue weighted by atomic mass is 10.1. The number of hydrogen-bond acceptors (Lipinski definition) is 4.